The molecule has 1 fully saturated rings. The van der Waals surface area contributed by atoms with Crippen LogP contribution in [0.3, 0.4) is 0 Å². The number of aromatic nitrogens is 2. The number of nitrogens with one attached hydrogen (secondary N) is 1. The molecule has 0 atom stereocenters. The number of aromatic amines is 1. The first-order valence-corrected chi connectivity index (χ1v) is 11.4. The highest BCUT2D eigenvalue weighted by molar-refractivity contribution is 5.69. The zero-order chi connectivity index (χ0) is 24.2. The number of benzene rings is 1. The number of nitrogens with zero attached hydrogens (tertiary/aromatic N) is 2. The minimum Gasteiger partial charge on any atom is -0.502 e. The van der Waals surface area contributed by atoms with Crippen molar-refractivity contribution in [1.29, 1.82) is 0 Å². The van der Waals surface area contributed by atoms with Crippen LogP contribution in [0.1, 0.15) is 63.5 Å². The van der Waals surface area contributed by atoms with E-state index in [0.29, 0.717) is 37.8 Å². The zero-order valence-electron chi connectivity index (χ0n) is 20.2. The molecule has 8 nitrogen and oxygen atoms in total. The molecule has 0 unspecified atom stereocenters. The molecular weight excluding hydrogens is 422 g/mol. The molecule has 1 amide bonds. The largest absolute Gasteiger partial charge is 0.502 e. The van der Waals surface area contributed by atoms with Gasteiger partial charge in [0.05, 0.1) is 12.3 Å². The molecule has 1 saturated carbocycles. The molecule has 0 aliphatic heterocycles. The van der Waals surface area contributed by atoms with Crippen molar-refractivity contribution >= 4 is 6.09 Å². The predicted octanol–water partition coefficient (Wildman–Crippen LogP) is 4.25. The van der Waals surface area contributed by atoms with Gasteiger partial charge in [-0.3, -0.25) is 9.69 Å². The van der Waals surface area contributed by atoms with Crippen LogP contribution in [0, 0.1) is 12.8 Å². The van der Waals surface area contributed by atoms with Crippen LogP contribution in [0.15, 0.2) is 35.1 Å². The van der Waals surface area contributed by atoms with Crippen LogP contribution in [0.4, 0.5) is 4.79 Å². The van der Waals surface area contributed by atoms with Gasteiger partial charge in [0.2, 0.25) is 5.75 Å². The van der Waals surface area contributed by atoms with Gasteiger partial charge in [0.15, 0.2) is 0 Å². The smallest absolute Gasteiger partial charge is 0.410 e. The van der Waals surface area contributed by atoms with Crippen molar-refractivity contribution in [3.63, 3.8) is 0 Å². The highest BCUT2D eigenvalue weighted by Gasteiger charge is 2.46. The first-order chi connectivity index (χ1) is 15.5. The predicted molar refractivity (Wildman–Crippen MR) is 125 cm³/mol. The standard InChI is InChI=1S/C25H35N3O5/c1-17-20(29)21(30)27-22(26-17)25(28(5)23(31)33-24(2,3)4)13-11-19(12-14-25)16-32-15-18-9-7-6-8-10-18/h6-10,19,29H,11-16H2,1-5H3,(H,26,27,30)/t19-,25-. The Kier molecular flexibility index (Phi) is 7.47. The Bertz CT molecular complexity index is 1000. The number of hydrogen-bond donors (Lipinski definition) is 2. The van der Waals surface area contributed by atoms with Gasteiger partial charge in [-0.2, -0.15) is 0 Å². The van der Waals surface area contributed by atoms with Crippen LogP contribution in [0.25, 0.3) is 0 Å². The molecule has 33 heavy (non-hydrogen) atoms. The molecule has 1 aromatic heterocycles. The van der Waals surface area contributed by atoms with Gasteiger partial charge < -0.3 is 19.6 Å². The van der Waals surface area contributed by atoms with E-state index in [4.69, 9.17) is 9.47 Å². The number of hydrogen-bond acceptors (Lipinski definition) is 6. The summed E-state index contributed by atoms with van der Waals surface area (Å²) < 4.78 is 11.6. The summed E-state index contributed by atoms with van der Waals surface area (Å²) in [6.45, 7) is 8.22. The van der Waals surface area contributed by atoms with Crippen molar-refractivity contribution in [2.24, 2.45) is 5.92 Å². The van der Waals surface area contributed by atoms with Gasteiger partial charge in [0.25, 0.3) is 5.56 Å². The minimum absolute atomic E-state index is 0.235. The van der Waals surface area contributed by atoms with Crippen molar-refractivity contribution in [3.8, 4) is 5.75 Å². The van der Waals surface area contributed by atoms with Crippen LogP contribution in [-0.4, -0.2) is 45.3 Å². The summed E-state index contributed by atoms with van der Waals surface area (Å²) in [5, 5.41) is 9.92. The number of H-pyrrole nitrogens is 1. The fourth-order valence-corrected chi connectivity index (χ4v) is 4.28. The minimum atomic E-state index is -0.837. The van der Waals surface area contributed by atoms with Gasteiger partial charge >= 0.3 is 6.09 Å². The van der Waals surface area contributed by atoms with Gasteiger partial charge in [0.1, 0.15) is 17.0 Å². The average molecular weight is 458 g/mol. The lowest BCUT2D eigenvalue weighted by Gasteiger charge is -2.45. The summed E-state index contributed by atoms with van der Waals surface area (Å²) in [7, 11) is 1.68. The first kappa shape index (κ1) is 24.8. The number of amides is 1. The van der Waals surface area contributed by atoms with E-state index in [2.05, 4.69) is 9.97 Å². The average Bonchev–Trinajstić information content (AvgIpc) is 2.77. The lowest BCUT2D eigenvalue weighted by Crippen LogP contribution is -2.52. The highest BCUT2D eigenvalue weighted by Crippen LogP contribution is 2.43. The first-order valence-electron chi connectivity index (χ1n) is 11.4. The van der Waals surface area contributed by atoms with E-state index in [1.165, 1.54) is 0 Å². The van der Waals surface area contributed by atoms with Gasteiger partial charge in [0, 0.05) is 13.7 Å². The Morgan fingerprint density at radius 1 is 1.24 bits per heavy atom. The topological polar surface area (TPSA) is 105 Å². The Labute approximate surface area is 195 Å². The normalized spacial score (nSPS) is 20.9. The lowest BCUT2D eigenvalue weighted by atomic mass is 9.75. The zero-order valence-corrected chi connectivity index (χ0v) is 20.2. The van der Waals surface area contributed by atoms with Crippen LogP contribution >= 0.6 is 0 Å². The van der Waals surface area contributed by atoms with Gasteiger partial charge in [-0.25, -0.2) is 9.78 Å². The molecule has 0 saturated heterocycles. The van der Waals surface area contributed by atoms with E-state index in [1.54, 1.807) is 18.9 Å². The number of aromatic hydroxyl groups is 1. The second-order valence-electron chi connectivity index (χ2n) is 9.86. The summed E-state index contributed by atoms with van der Waals surface area (Å²) in [5.74, 6) is 0.301. The number of carbonyl (C=O) groups excluding carboxylic acids is 1. The van der Waals surface area contributed by atoms with Crippen molar-refractivity contribution in [2.75, 3.05) is 13.7 Å². The molecule has 180 valence electrons. The number of aryl methyl sites for hydroxylation is 1. The Morgan fingerprint density at radius 3 is 2.45 bits per heavy atom. The van der Waals surface area contributed by atoms with E-state index in [-0.39, 0.29) is 5.69 Å². The Morgan fingerprint density at radius 2 is 1.88 bits per heavy atom. The Balaban J connectivity index is 1.78. The van der Waals surface area contributed by atoms with Crippen molar-refractivity contribution in [3.05, 3.63) is 57.8 Å². The quantitative estimate of drug-likeness (QED) is 0.672. The molecule has 2 aromatic rings. The third kappa shape index (κ3) is 5.93. The van der Waals surface area contributed by atoms with Gasteiger partial charge in [-0.05, 0) is 64.9 Å². The molecule has 3 rings (SSSR count). The summed E-state index contributed by atoms with van der Waals surface area (Å²) >= 11 is 0. The second-order valence-corrected chi connectivity index (χ2v) is 9.86. The molecule has 1 aromatic carbocycles. The van der Waals surface area contributed by atoms with Crippen LogP contribution in [0.2, 0.25) is 0 Å². The molecule has 1 heterocycles. The van der Waals surface area contributed by atoms with Crippen LogP contribution in [0.5, 0.6) is 5.75 Å². The van der Waals surface area contributed by atoms with E-state index >= 15 is 0 Å². The van der Waals surface area contributed by atoms with Gasteiger partial charge in [-0.15, -0.1) is 0 Å². The molecular formula is C25H35N3O5. The maximum atomic E-state index is 13.0. The van der Waals surface area contributed by atoms with Crippen molar-refractivity contribution in [1.82, 2.24) is 14.9 Å². The summed E-state index contributed by atoms with van der Waals surface area (Å²) in [5.41, 5.74) is -0.730. The second kappa shape index (κ2) is 9.95. The number of ether oxygens (including phenoxy) is 2. The Hall–Kier alpha value is -2.87. The third-order valence-corrected chi connectivity index (χ3v) is 6.22. The molecule has 0 spiro atoms. The highest BCUT2D eigenvalue weighted by atomic mass is 16.6. The summed E-state index contributed by atoms with van der Waals surface area (Å²) in [6, 6.07) is 10.0. The molecule has 1 aliphatic carbocycles. The van der Waals surface area contributed by atoms with Crippen molar-refractivity contribution < 1.29 is 19.4 Å². The molecule has 8 heteroatoms. The SMILES string of the molecule is Cc1nc([C@]2(N(C)C(=O)OC(C)(C)C)CC[C@H](COCc3ccccc3)CC2)[nH]c(=O)c1O. The maximum Gasteiger partial charge on any atom is 0.410 e. The fourth-order valence-electron chi connectivity index (χ4n) is 4.28. The summed E-state index contributed by atoms with van der Waals surface area (Å²) in [6.07, 6.45) is 2.30. The van der Waals surface area contributed by atoms with E-state index < -0.39 is 28.5 Å². The molecule has 0 bridgehead atoms. The number of rotatable bonds is 6. The third-order valence-electron chi connectivity index (χ3n) is 6.22. The summed E-state index contributed by atoms with van der Waals surface area (Å²) in [4.78, 5) is 34.0. The fraction of sp³-hybridized carbons (Fsp3) is 0.560. The number of carbonyl (C=O) groups is 1. The molecule has 2 N–H and O–H groups in total. The monoisotopic (exact) mass is 457 g/mol. The van der Waals surface area contributed by atoms with Crippen LogP contribution < -0.4 is 5.56 Å². The van der Waals surface area contributed by atoms with Gasteiger partial charge in [-0.1, -0.05) is 30.3 Å². The van der Waals surface area contributed by atoms with Crippen LogP contribution in [-0.2, 0) is 21.6 Å². The van der Waals surface area contributed by atoms with E-state index in [1.807, 2.05) is 51.1 Å². The van der Waals surface area contributed by atoms with Crippen molar-refractivity contribution in [2.45, 2.75) is 71.1 Å². The lowest BCUT2D eigenvalue weighted by molar-refractivity contribution is -0.0196. The van der Waals surface area contributed by atoms with E-state index in [9.17, 15) is 14.7 Å². The maximum absolute atomic E-state index is 13.0. The molecule has 1 aliphatic rings. The molecule has 0 radical (unpaired) electrons. The van der Waals surface area contributed by atoms with E-state index in [0.717, 1.165) is 18.4 Å².